The molecule has 0 saturated heterocycles. The molecular weight excluding hydrogens is 144 g/mol. The maximum absolute atomic E-state index is 10.7. The second kappa shape index (κ2) is 3.19. The van der Waals surface area contributed by atoms with Crippen LogP contribution in [0.1, 0.15) is 32.1 Å². The van der Waals surface area contributed by atoms with Crippen molar-refractivity contribution in [1.29, 1.82) is 0 Å². The van der Waals surface area contributed by atoms with Crippen LogP contribution in [0.5, 0.6) is 0 Å². The molecule has 64 valence electrons. The molecule has 4 heteroatoms. The zero-order chi connectivity index (χ0) is 8.32. The van der Waals surface area contributed by atoms with E-state index in [1.54, 1.807) is 5.48 Å². The summed E-state index contributed by atoms with van der Waals surface area (Å²) >= 11 is 0. The van der Waals surface area contributed by atoms with Gasteiger partial charge in [-0.15, -0.1) is 0 Å². The second-order valence-corrected chi connectivity index (χ2v) is 3.28. The Hall–Kier alpha value is -0.610. The fourth-order valence-electron chi connectivity index (χ4n) is 1.62. The van der Waals surface area contributed by atoms with Crippen LogP contribution in [0.15, 0.2) is 0 Å². The van der Waals surface area contributed by atoms with Gasteiger partial charge in [0.15, 0.2) is 0 Å². The molecule has 1 aliphatic rings. The van der Waals surface area contributed by atoms with E-state index in [0.717, 1.165) is 25.7 Å². The predicted octanol–water partition coefficient (Wildman–Crippen LogP) is 0.153. The van der Waals surface area contributed by atoms with Gasteiger partial charge in [-0.05, 0) is 12.8 Å². The number of rotatable bonds is 2. The molecule has 1 aliphatic carbocycles. The third-order valence-corrected chi connectivity index (χ3v) is 2.24. The molecule has 0 bridgehead atoms. The number of nitrogens with two attached hydrogens (primary N) is 1. The normalized spacial score (nSPS) is 21.6. The van der Waals surface area contributed by atoms with E-state index in [0.29, 0.717) is 0 Å². The van der Waals surface area contributed by atoms with Gasteiger partial charge < -0.3 is 5.73 Å². The van der Waals surface area contributed by atoms with E-state index in [9.17, 15) is 4.79 Å². The SMILES string of the molecule is NC1(CC(=O)NO)CCCC1. The zero-order valence-corrected chi connectivity index (χ0v) is 6.47. The van der Waals surface area contributed by atoms with E-state index < -0.39 is 0 Å². The molecule has 0 aromatic rings. The Labute approximate surface area is 65.7 Å². The number of carbonyl (C=O) groups excluding carboxylic acids is 1. The van der Waals surface area contributed by atoms with Crippen molar-refractivity contribution >= 4 is 5.91 Å². The van der Waals surface area contributed by atoms with E-state index in [1.807, 2.05) is 0 Å². The van der Waals surface area contributed by atoms with Crippen molar-refractivity contribution in [3.8, 4) is 0 Å². The number of hydroxylamine groups is 1. The minimum atomic E-state index is -0.380. The highest BCUT2D eigenvalue weighted by Crippen LogP contribution is 2.29. The average molecular weight is 158 g/mol. The van der Waals surface area contributed by atoms with Crippen molar-refractivity contribution in [2.75, 3.05) is 0 Å². The van der Waals surface area contributed by atoms with Gasteiger partial charge in [0, 0.05) is 12.0 Å². The number of hydrogen-bond donors (Lipinski definition) is 3. The van der Waals surface area contributed by atoms with E-state index in [1.165, 1.54) is 0 Å². The van der Waals surface area contributed by atoms with Gasteiger partial charge in [0.05, 0.1) is 0 Å². The zero-order valence-electron chi connectivity index (χ0n) is 6.47. The van der Waals surface area contributed by atoms with Crippen LogP contribution < -0.4 is 11.2 Å². The third-order valence-electron chi connectivity index (χ3n) is 2.24. The first-order chi connectivity index (χ1) is 5.16. The first kappa shape index (κ1) is 8.49. The molecule has 0 heterocycles. The van der Waals surface area contributed by atoms with Gasteiger partial charge in [-0.25, -0.2) is 5.48 Å². The number of amides is 1. The van der Waals surface area contributed by atoms with Gasteiger partial charge in [-0.3, -0.25) is 10.0 Å². The molecule has 0 aromatic heterocycles. The molecule has 0 aromatic carbocycles. The monoisotopic (exact) mass is 158 g/mol. The van der Waals surface area contributed by atoms with Crippen LogP contribution in [-0.4, -0.2) is 16.7 Å². The smallest absolute Gasteiger partial charge is 0.245 e. The fourth-order valence-corrected chi connectivity index (χ4v) is 1.62. The maximum atomic E-state index is 10.7. The summed E-state index contributed by atoms with van der Waals surface area (Å²) in [7, 11) is 0. The lowest BCUT2D eigenvalue weighted by Gasteiger charge is -2.21. The largest absolute Gasteiger partial charge is 0.325 e. The molecule has 4 N–H and O–H groups in total. The lowest BCUT2D eigenvalue weighted by atomic mass is 9.95. The highest BCUT2D eigenvalue weighted by Gasteiger charge is 2.31. The Balaban J connectivity index is 2.39. The van der Waals surface area contributed by atoms with Crippen LogP contribution in [-0.2, 0) is 4.79 Å². The van der Waals surface area contributed by atoms with Crippen LogP contribution in [0, 0.1) is 0 Å². The first-order valence-corrected chi connectivity index (χ1v) is 3.88. The quantitative estimate of drug-likeness (QED) is 0.395. The summed E-state index contributed by atoms with van der Waals surface area (Å²) in [5.74, 6) is -0.380. The minimum Gasteiger partial charge on any atom is -0.325 e. The average Bonchev–Trinajstić information content (AvgIpc) is 2.36. The molecule has 1 rings (SSSR count). The van der Waals surface area contributed by atoms with Crippen LogP contribution in [0.3, 0.4) is 0 Å². The molecule has 1 fully saturated rings. The molecule has 1 saturated carbocycles. The molecule has 0 spiro atoms. The molecular formula is C7H14N2O2. The Bertz CT molecular complexity index is 153. The van der Waals surface area contributed by atoms with Gasteiger partial charge in [0.1, 0.15) is 0 Å². The van der Waals surface area contributed by atoms with Gasteiger partial charge in [0.2, 0.25) is 5.91 Å². The Morgan fingerprint density at radius 3 is 2.55 bits per heavy atom. The molecule has 0 atom stereocenters. The maximum Gasteiger partial charge on any atom is 0.245 e. The van der Waals surface area contributed by atoms with Crippen molar-refractivity contribution in [3.63, 3.8) is 0 Å². The fraction of sp³-hybridized carbons (Fsp3) is 0.857. The summed E-state index contributed by atoms with van der Waals surface area (Å²) in [4.78, 5) is 10.7. The molecule has 0 unspecified atom stereocenters. The van der Waals surface area contributed by atoms with Gasteiger partial charge in [0.25, 0.3) is 0 Å². The van der Waals surface area contributed by atoms with E-state index in [4.69, 9.17) is 10.9 Å². The molecule has 1 amide bonds. The van der Waals surface area contributed by atoms with Crippen LogP contribution in [0.2, 0.25) is 0 Å². The standard InChI is InChI=1S/C7H14N2O2/c8-7(3-1-2-4-7)5-6(10)9-11/h11H,1-5,8H2,(H,9,10). The summed E-state index contributed by atoms with van der Waals surface area (Å²) in [6.07, 6.45) is 4.20. The van der Waals surface area contributed by atoms with E-state index in [2.05, 4.69) is 0 Å². The van der Waals surface area contributed by atoms with E-state index in [-0.39, 0.29) is 17.9 Å². The van der Waals surface area contributed by atoms with Crippen molar-refractivity contribution in [1.82, 2.24) is 5.48 Å². The molecule has 0 aliphatic heterocycles. The Kier molecular flexibility index (Phi) is 2.46. The molecule has 11 heavy (non-hydrogen) atoms. The van der Waals surface area contributed by atoms with Gasteiger partial charge in [-0.1, -0.05) is 12.8 Å². The minimum absolute atomic E-state index is 0.240. The van der Waals surface area contributed by atoms with Gasteiger partial charge in [-0.2, -0.15) is 0 Å². The summed E-state index contributed by atoms with van der Waals surface area (Å²) in [5, 5.41) is 8.25. The lowest BCUT2D eigenvalue weighted by molar-refractivity contribution is -0.130. The number of nitrogens with one attached hydrogen (secondary N) is 1. The van der Waals surface area contributed by atoms with Crippen LogP contribution in [0.25, 0.3) is 0 Å². The molecule has 4 nitrogen and oxygen atoms in total. The van der Waals surface area contributed by atoms with Crippen LogP contribution in [0.4, 0.5) is 0 Å². The Morgan fingerprint density at radius 2 is 2.09 bits per heavy atom. The predicted molar refractivity (Wildman–Crippen MR) is 39.9 cm³/mol. The van der Waals surface area contributed by atoms with E-state index >= 15 is 0 Å². The summed E-state index contributed by atoms with van der Waals surface area (Å²) in [6.45, 7) is 0. The van der Waals surface area contributed by atoms with Crippen molar-refractivity contribution in [2.24, 2.45) is 5.73 Å². The second-order valence-electron chi connectivity index (χ2n) is 3.28. The number of hydrogen-bond acceptors (Lipinski definition) is 3. The summed E-state index contributed by atoms with van der Waals surface area (Å²) in [6, 6.07) is 0. The van der Waals surface area contributed by atoms with Crippen molar-refractivity contribution < 1.29 is 10.0 Å². The lowest BCUT2D eigenvalue weighted by Crippen LogP contribution is -2.41. The Morgan fingerprint density at radius 1 is 1.55 bits per heavy atom. The first-order valence-electron chi connectivity index (χ1n) is 3.88. The van der Waals surface area contributed by atoms with Crippen molar-refractivity contribution in [3.05, 3.63) is 0 Å². The topological polar surface area (TPSA) is 75.4 Å². The van der Waals surface area contributed by atoms with Crippen molar-refractivity contribution in [2.45, 2.75) is 37.6 Å². The highest BCUT2D eigenvalue weighted by molar-refractivity contribution is 5.75. The number of carbonyl (C=O) groups is 1. The van der Waals surface area contributed by atoms with Crippen LogP contribution >= 0.6 is 0 Å². The summed E-state index contributed by atoms with van der Waals surface area (Å²) in [5.41, 5.74) is 7.11. The summed E-state index contributed by atoms with van der Waals surface area (Å²) < 4.78 is 0. The third kappa shape index (κ3) is 2.17. The highest BCUT2D eigenvalue weighted by atomic mass is 16.5. The molecule has 0 radical (unpaired) electrons. The van der Waals surface area contributed by atoms with Gasteiger partial charge >= 0.3 is 0 Å².